The Morgan fingerprint density at radius 1 is 1.44 bits per heavy atom. The Hall–Kier alpha value is -1.07. The molecule has 16 heavy (non-hydrogen) atoms. The average molecular weight is 242 g/mol. The number of carbonyl (C=O) groups is 1. The van der Waals surface area contributed by atoms with Crippen LogP contribution >= 0.6 is 11.3 Å². The molecular formula is C11H18N2O2S. The first-order valence-corrected chi connectivity index (χ1v) is 6.10. The lowest BCUT2D eigenvalue weighted by atomic mass is 10.4. The molecule has 2 amide bonds. The minimum atomic E-state index is -0.123. The van der Waals surface area contributed by atoms with Gasteiger partial charge in [0.05, 0.1) is 6.54 Å². The summed E-state index contributed by atoms with van der Waals surface area (Å²) in [5.41, 5.74) is 0. The van der Waals surface area contributed by atoms with Gasteiger partial charge in [0.2, 0.25) is 0 Å². The molecule has 0 aliphatic rings. The summed E-state index contributed by atoms with van der Waals surface area (Å²) >= 11 is 1.70. The van der Waals surface area contributed by atoms with Crippen LogP contribution in [0.4, 0.5) is 4.79 Å². The van der Waals surface area contributed by atoms with Crippen LogP contribution in [0.3, 0.4) is 0 Å². The van der Waals surface area contributed by atoms with Gasteiger partial charge in [-0.3, -0.25) is 0 Å². The van der Waals surface area contributed by atoms with Crippen molar-refractivity contribution in [2.45, 2.75) is 19.9 Å². The van der Waals surface area contributed by atoms with Crippen LogP contribution in [0.5, 0.6) is 0 Å². The van der Waals surface area contributed by atoms with Crippen molar-refractivity contribution in [3.05, 3.63) is 21.9 Å². The minimum Gasteiger partial charge on any atom is -0.385 e. The Kier molecular flexibility index (Phi) is 5.88. The Morgan fingerprint density at radius 3 is 2.88 bits per heavy atom. The molecule has 5 heteroatoms. The Labute approximate surface area is 100 Å². The first-order valence-electron chi connectivity index (χ1n) is 5.28. The van der Waals surface area contributed by atoms with Crippen LogP contribution < -0.4 is 10.6 Å². The van der Waals surface area contributed by atoms with Crippen molar-refractivity contribution in [1.82, 2.24) is 10.6 Å². The standard InChI is InChI=1S/C11H18N2O2S/c1-9-4-5-10(16-9)8-13-11(14)12-6-3-7-15-2/h4-5H,3,6-8H2,1-2H3,(H2,12,13,14). The molecule has 0 bridgehead atoms. The normalized spacial score (nSPS) is 10.1. The van der Waals surface area contributed by atoms with Gasteiger partial charge < -0.3 is 15.4 Å². The van der Waals surface area contributed by atoms with Gasteiger partial charge in [-0.25, -0.2) is 4.79 Å². The average Bonchev–Trinajstić information content (AvgIpc) is 2.68. The quantitative estimate of drug-likeness (QED) is 0.748. The van der Waals surface area contributed by atoms with Crippen LogP contribution in [-0.4, -0.2) is 26.3 Å². The fourth-order valence-corrected chi connectivity index (χ4v) is 2.06. The first-order chi connectivity index (χ1) is 7.72. The van der Waals surface area contributed by atoms with Crippen LogP contribution in [-0.2, 0) is 11.3 Å². The molecule has 4 nitrogen and oxygen atoms in total. The van der Waals surface area contributed by atoms with E-state index < -0.39 is 0 Å². The number of amides is 2. The van der Waals surface area contributed by atoms with Crippen LogP contribution in [0.15, 0.2) is 12.1 Å². The molecular weight excluding hydrogens is 224 g/mol. The zero-order chi connectivity index (χ0) is 11.8. The second kappa shape index (κ2) is 7.24. The maximum absolute atomic E-state index is 11.3. The number of rotatable bonds is 6. The number of ether oxygens (including phenoxy) is 1. The maximum Gasteiger partial charge on any atom is 0.315 e. The molecule has 0 radical (unpaired) electrons. The zero-order valence-corrected chi connectivity index (χ0v) is 10.5. The van der Waals surface area contributed by atoms with Crippen LogP contribution in [0.2, 0.25) is 0 Å². The molecule has 0 aromatic carbocycles. The molecule has 0 saturated heterocycles. The van der Waals surface area contributed by atoms with E-state index in [1.54, 1.807) is 18.4 Å². The number of nitrogens with one attached hydrogen (secondary N) is 2. The second-order valence-corrected chi connectivity index (χ2v) is 4.84. The van der Waals surface area contributed by atoms with E-state index in [1.165, 1.54) is 9.75 Å². The summed E-state index contributed by atoms with van der Waals surface area (Å²) in [4.78, 5) is 13.8. The van der Waals surface area contributed by atoms with Crippen molar-refractivity contribution in [3.8, 4) is 0 Å². The van der Waals surface area contributed by atoms with E-state index in [2.05, 4.69) is 23.6 Å². The number of hydrogen-bond acceptors (Lipinski definition) is 3. The Balaban J connectivity index is 2.10. The summed E-state index contributed by atoms with van der Waals surface area (Å²) in [7, 11) is 1.65. The molecule has 1 aromatic heterocycles. The topological polar surface area (TPSA) is 50.4 Å². The third-order valence-corrected chi connectivity index (χ3v) is 3.03. The highest BCUT2D eigenvalue weighted by atomic mass is 32.1. The smallest absolute Gasteiger partial charge is 0.315 e. The third kappa shape index (κ3) is 5.14. The number of hydrogen-bond donors (Lipinski definition) is 2. The lowest BCUT2D eigenvalue weighted by molar-refractivity contribution is 0.193. The van der Waals surface area contributed by atoms with Gasteiger partial charge in [0.25, 0.3) is 0 Å². The largest absolute Gasteiger partial charge is 0.385 e. The Morgan fingerprint density at radius 2 is 2.25 bits per heavy atom. The molecule has 0 aliphatic carbocycles. The second-order valence-electron chi connectivity index (χ2n) is 3.47. The highest BCUT2D eigenvalue weighted by Gasteiger charge is 2.00. The molecule has 1 aromatic rings. The van der Waals surface area contributed by atoms with Crippen molar-refractivity contribution >= 4 is 17.4 Å². The molecule has 0 aliphatic heterocycles. The van der Waals surface area contributed by atoms with E-state index in [4.69, 9.17) is 4.74 Å². The summed E-state index contributed by atoms with van der Waals surface area (Å²) < 4.78 is 4.89. The molecule has 0 spiro atoms. The predicted molar refractivity (Wildman–Crippen MR) is 65.8 cm³/mol. The summed E-state index contributed by atoms with van der Waals surface area (Å²) in [6.45, 7) is 3.96. The molecule has 0 saturated carbocycles. The summed E-state index contributed by atoms with van der Waals surface area (Å²) in [6, 6.07) is 3.96. The van der Waals surface area contributed by atoms with Crippen LogP contribution in [0, 0.1) is 6.92 Å². The third-order valence-electron chi connectivity index (χ3n) is 2.03. The monoisotopic (exact) mass is 242 g/mol. The van der Waals surface area contributed by atoms with Crippen molar-refractivity contribution in [2.24, 2.45) is 0 Å². The van der Waals surface area contributed by atoms with E-state index in [9.17, 15) is 4.79 Å². The van der Waals surface area contributed by atoms with Gasteiger partial charge in [0.15, 0.2) is 0 Å². The van der Waals surface area contributed by atoms with Gasteiger partial charge in [-0.1, -0.05) is 0 Å². The van der Waals surface area contributed by atoms with Gasteiger partial charge in [-0.05, 0) is 25.5 Å². The van der Waals surface area contributed by atoms with E-state index in [0.717, 1.165) is 6.42 Å². The zero-order valence-electron chi connectivity index (χ0n) is 9.71. The molecule has 1 heterocycles. The number of thiophene rings is 1. The summed E-state index contributed by atoms with van der Waals surface area (Å²) in [5, 5.41) is 5.58. The summed E-state index contributed by atoms with van der Waals surface area (Å²) in [5.74, 6) is 0. The lowest BCUT2D eigenvalue weighted by Gasteiger charge is -2.06. The number of methoxy groups -OCH3 is 1. The van der Waals surface area contributed by atoms with Gasteiger partial charge in [-0.2, -0.15) is 0 Å². The molecule has 2 N–H and O–H groups in total. The van der Waals surface area contributed by atoms with Crippen LogP contribution in [0.1, 0.15) is 16.2 Å². The predicted octanol–water partition coefficient (Wildman–Crippen LogP) is 1.89. The minimum absolute atomic E-state index is 0.123. The highest BCUT2D eigenvalue weighted by molar-refractivity contribution is 7.11. The van der Waals surface area contributed by atoms with E-state index in [1.807, 2.05) is 6.07 Å². The maximum atomic E-state index is 11.3. The van der Waals surface area contributed by atoms with E-state index in [0.29, 0.717) is 19.7 Å². The van der Waals surface area contributed by atoms with Crippen molar-refractivity contribution in [2.75, 3.05) is 20.3 Å². The van der Waals surface area contributed by atoms with Crippen molar-refractivity contribution in [3.63, 3.8) is 0 Å². The molecule has 1 rings (SSSR count). The van der Waals surface area contributed by atoms with Gasteiger partial charge in [0.1, 0.15) is 0 Å². The fraction of sp³-hybridized carbons (Fsp3) is 0.545. The SMILES string of the molecule is COCCCNC(=O)NCc1ccc(C)s1. The molecule has 0 fully saturated rings. The molecule has 0 unspecified atom stereocenters. The molecule has 90 valence electrons. The highest BCUT2D eigenvalue weighted by Crippen LogP contribution is 2.14. The first kappa shape index (κ1) is 13.0. The van der Waals surface area contributed by atoms with E-state index in [-0.39, 0.29) is 6.03 Å². The van der Waals surface area contributed by atoms with Crippen LogP contribution in [0.25, 0.3) is 0 Å². The number of urea groups is 1. The van der Waals surface area contributed by atoms with E-state index >= 15 is 0 Å². The van der Waals surface area contributed by atoms with Gasteiger partial charge in [-0.15, -0.1) is 11.3 Å². The van der Waals surface area contributed by atoms with Crippen molar-refractivity contribution in [1.29, 1.82) is 0 Å². The number of aryl methyl sites for hydroxylation is 1. The summed E-state index contributed by atoms with van der Waals surface area (Å²) in [6.07, 6.45) is 0.835. The fourth-order valence-electron chi connectivity index (χ4n) is 1.23. The lowest BCUT2D eigenvalue weighted by Crippen LogP contribution is -2.35. The number of carbonyl (C=O) groups excluding carboxylic acids is 1. The van der Waals surface area contributed by atoms with Crippen molar-refractivity contribution < 1.29 is 9.53 Å². The Bertz CT molecular complexity index is 326. The molecule has 0 atom stereocenters. The van der Waals surface area contributed by atoms with Gasteiger partial charge in [0, 0.05) is 30.0 Å². The van der Waals surface area contributed by atoms with Gasteiger partial charge >= 0.3 is 6.03 Å².